The molecule has 3 unspecified atom stereocenters. The Morgan fingerprint density at radius 3 is 2.29 bits per heavy atom. The summed E-state index contributed by atoms with van der Waals surface area (Å²) in [6.45, 7) is 5.27. The molecule has 0 spiro atoms. The molecule has 2 heteroatoms. The van der Waals surface area contributed by atoms with E-state index in [9.17, 15) is 0 Å². The Bertz CT molecular complexity index is 564. The van der Waals surface area contributed by atoms with Gasteiger partial charge in [0.2, 0.25) is 0 Å². The van der Waals surface area contributed by atoms with Crippen LogP contribution in [-0.4, -0.2) is 18.7 Å². The molecule has 0 amide bonds. The van der Waals surface area contributed by atoms with E-state index in [1.165, 1.54) is 16.7 Å². The second kappa shape index (κ2) is 6.42. The maximum atomic E-state index is 6.15. The molecule has 0 aromatic heterocycles. The van der Waals surface area contributed by atoms with E-state index in [1.54, 1.807) is 0 Å². The fourth-order valence-corrected chi connectivity index (χ4v) is 2.99. The number of hydrogen-bond donors (Lipinski definition) is 1. The van der Waals surface area contributed by atoms with E-state index in [4.69, 9.17) is 4.74 Å². The van der Waals surface area contributed by atoms with Gasteiger partial charge < -0.3 is 10.1 Å². The van der Waals surface area contributed by atoms with E-state index >= 15 is 0 Å². The molecule has 1 aliphatic rings. The first-order chi connectivity index (χ1) is 10.2. The van der Waals surface area contributed by atoms with E-state index in [0.717, 1.165) is 13.0 Å². The molecule has 1 N–H and O–H groups in total. The van der Waals surface area contributed by atoms with E-state index in [2.05, 4.69) is 67.7 Å². The Balaban J connectivity index is 1.77. The van der Waals surface area contributed by atoms with Crippen molar-refractivity contribution in [1.82, 2.24) is 5.32 Å². The fourth-order valence-electron chi connectivity index (χ4n) is 2.99. The minimum Gasteiger partial charge on any atom is -0.369 e. The smallest absolute Gasteiger partial charge is 0.0952 e. The summed E-state index contributed by atoms with van der Waals surface area (Å²) in [5.74, 6) is 0. The van der Waals surface area contributed by atoms with Gasteiger partial charge in [-0.3, -0.25) is 0 Å². The number of benzene rings is 2. The number of nitrogens with one attached hydrogen (secondary N) is 1. The van der Waals surface area contributed by atoms with Crippen molar-refractivity contribution in [2.24, 2.45) is 0 Å². The molecule has 1 aliphatic heterocycles. The summed E-state index contributed by atoms with van der Waals surface area (Å²) in [7, 11) is 0. The molecule has 2 aromatic rings. The van der Waals surface area contributed by atoms with Gasteiger partial charge in [-0.25, -0.2) is 0 Å². The zero-order chi connectivity index (χ0) is 14.7. The van der Waals surface area contributed by atoms with Crippen LogP contribution < -0.4 is 5.32 Å². The highest BCUT2D eigenvalue weighted by Crippen LogP contribution is 2.26. The van der Waals surface area contributed by atoms with Gasteiger partial charge in [0.15, 0.2) is 0 Å². The van der Waals surface area contributed by atoms with Crippen LogP contribution in [-0.2, 0) is 4.74 Å². The van der Waals surface area contributed by atoms with Crippen molar-refractivity contribution < 1.29 is 4.74 Å². The average molecular weight is 281 g/mol. The van der Waals surface area contributed by atoms with E-state index in [0.29, 0.717) is 12.1 Å². The van der Waals surface area contributed by atoms with Crippen LogP contribution in [0.3, 0.4) is 0 Å². The molecule has 0 saturated carbocycles. The minimum atomic E-state index is 0.148. The van der Waals surface area contributed by atoms with E-state index in [-0.39, 0.29) is 6.10 Å². The molecule has 3 rings (SSSR count). The molecule has 0 bridgehead atoms. The Morgan fingerprint density at radius 2 is 1.57 bits per heavy atom. The SMILES string of the molecule is CC1CC(C)OC(c2ccc(-c3ccccc3)cc2)CN1. The summed E-state index contributed by atoms with van der Waals surface area (Å²) in [6, 6.07) is 19.8. The van der Waals surface area contributed by atoms with Gasteiger partial charge in [-0.15, -0.1) is 0 Å². The zero-order valence-electron chi connectivity index (χ0n) is 12.8. The van der Waals surface area contributed by atoms with Crippen LogP contribution in [0.25, 0.3) is 11.1 Å². The maximum absolute atomic E-state index is 6.15. The Kier molecular flexibility index (Phi) is 4.37. The third-order valence-corrected chi connectivity index (χ3v) is 4.12. The van der Waals surface area contributed by atoms with E-state index in [1.807, 2.05) is 6.07 Å². The van der Waals surface area contributed by atoms with Crippen molar-refractivity contribution in [1.29, 1.82) is 0 Å². The molecule has 110 valence electrons. The molecular formula is C19H23NO. The highest BCUT2D eigenvalue weighted by atomic mass is 16.5. The van der Waals surface area contributed by atoms with Gasteiger partial charge in [0.05, 0.1) is 12.2 Å². The summed E-state index contributed by atoms with van der Waals surface area (Å²) < 4.78 is 6.15. The lowest BCUT2D eigenvalue weighted by molar-refractivity contribution is 0.00719. The summed E-state index contributed by atoms with van der Waals surface area (Å²) in [5.41, 5.74) is 3.76. The lowest BCUT2D eigenvalue weighted by Gasteiger charge is -2.19. The van der Waals surface area contributed by atoms with Crippen LogP contribution in [0.4, 0.5) is 0 Å². The Labute approximate surface area is 127 Å². The van der Waals surface area contributed by atoms with Crippen LogP contribution >= 0.6 is 0 Å². The van der Waals surface area contributed by atoms with Crippen molar-refractivity contribution in [3.8, 4) is 11.1 Å². The van der Waals surface area contributed by atoms with Gasteiger partial charge in [-0.05, 0) is 37.0 Å². The van der Waals surface area contributed by atoms with Gasteiger partial charge >= 0.3 is 0 Å². The van der Waals surface area contributed by atoms with Crippen LogP contribution in [0.5, 0.6) is 0 Å². The van der Waals surface area contributed by atoms with Crippen molar-refractivity contribution in [2.45, 2.75) is 38.5 Å². The van der Waals surface area contributed by atoms with Gasteiger partial charge in [0.25, 0.3) is 0 Å². The molecular weight excluding hydrogens is 258 g/mol. The highest BCUT2D eigenvalue weighted by Gasteiger charge is 2.22. The van der Waals surface area contributed by atoms with Crippen molar-refractivity contribution in [3.63, 3.8) is 0 Å². The first-order valence-electron chi connectivity index (χ1n) is 7.76. The first kappa shape index (κ1) is 14.3. The molecule has 21 heavy (non-hydrogen) atoms. The molecule has 0 radical (unpaired) electrons. The molecule has 1 heterocycles. The van der Waals surface area contributed by atoms with E-state index < -0.39 is 0 Å². The van der Waals surface area contributed by atoms with Crippen molar-refractivity contribution in [2.75, 3.05) is 6.54 Å². The molecule has 3 atom stereocenters. The van der Waals surface area contributed by atoms with Crippen LogP contribution in [0.15, 0.2) is 54.6 Å². The summed E-state index contributed by atoms with van der Waals surface area (Å²) in [5, 5.41) is 3.54. The van der Waals surface area contributed by atoms with Gasteiger partial charge in [0, 0.05) is 12.6 Å². The largest absolute Gasteiger partial charge is 0.369 e. The molecule has 1 saturated heterocycles. The highest BCUT2D eigenvalue weighted by molar-refractivity contribution is 5.63. The number of rotatable bonds is 2. The number of hydrogen-bond acceptors (Lipinski definition) is 2. The summed E-state index contributed by atoms with van der Waals surface area (Å²) in [4.78, 5) is 0. The second-order valence-electron chi connectivity index (χ2n) is 5.97. The van der Waals surface area contributed by atoms with Crippen LogP contribution in [0.2, 0.25) is 0 Å². The molecule has 2 aromatic carbocycles. The standard InChI is InChI=1S/C19H23NO/c1-14-12-15(2)21-19(13-20-14)18-10-8-17(9-11-18)16-6-4-3-5-7-16/h3-11,14-15,19-20H,12-13H2,1-2H3. The molecule has 2 nitrogen and oxygen atoms in total. The summed E-state index contributed by atoms with van der Waals surface area (Å²) >= 11 is 0. The topological polar surface area (TPSA) is 21.3 Å². The maximum Gasteiger partial charge on any atom is 0.0952 e. The monoisotopic (exact) mass is 281 g/mol. The second-order valence-corrected chi connectivity index (χ2v) is 5.97. The lowest BCUT2D eigenvalue weighted by Crippen LogP contribution is -2.27. The fraction of sp³-hybridized carbons (Fsp3) is 0.368. The number of ether oxygens (including phenoxy) is 1. The van der Waals surface area contributed by atoms with Crippen LogP contribution in [0, 0.1) is 0 Å². The Morgan fingerprint density at radius 1 is 0.905 bits per heavy atom. The predicted octanol–water partition coefficient (Wildman–Crippen LogP) is 4.18. The van der Waals surface area contributed by atoms with Crippen molar-refractivity contribution >= 4 is 0 Å². The van der Waals surface area contributed by atoms with Gasteiger partial charge in [0.1, 0.15) is 0 Å². The van der Waals surface area contributed by atoms with Crippen LogP contribution in [0.1, 0.15) is 31.9 Å². The molecule has 1 fully saturated rings. The zero-order valence-corrected chi connectivity index (χ0v) is 12.8. The van der Waals surface area contributed by atoms with Gasteiger partial charge in [-0.2, -0.15) is 0 Å². The van der Waals surface area contributed by atoms with Gasteiger partial charge in [-0.1, -0.05) is 54.6 Å². The first-order valence-corrected chi connectivity index (χ1v) is 7.76. The third kappa shape index (κ3) is 3.52. The summed E-state index contributed by atoms with van der Waals surface area (Å²) in [6.07, 6.45) is 1.52. The Hall–Kier alpha value is -1.64. The quantitative estimate of drug-likeness (QED) is 0.891. The third-order valence-electron chi connectivity index (χ3n) is 4.12. The normalized spacial score (nSPS) is 26.3. The average Bonchev–Trinajstić information content (AvgIpc) is 2.69. The minimum absolute atomic E-state index is 0.148. The lowest BCUT2D eigenvalue weighted by atomic mass is 10.0. The van der Waals surface area contributed by atoms with Crippen molar-refractivity contribution in [3.05, 3.63) is 60.2 Å². The predicted molar refractivity (Wildman–Crippen MR) is 87.2 cm³/mol. The molecule has 0 aliphatic carbocycles.